The van der Waals surface area contributed by atoms with E-state index < -0.39 is 36.1 Å². The van der Waals surface area contributed by atoms with Crippen molar-refractivity contribution in [3.8, 4) is 0 Å². The van der Waals surface area contributed by atoms with Crippen LogP contribution in [0.2, 0.25) is 0 Å². The van der Waals surface area contributed by atoms with Crippen LogP contribution < -0.4 is 11.3 Å². The first-order valence-corrected chi connectivity index (χ1v) is 6.06. The van der Waals surface area contributed by atoms with Crippen LogP contribution in [0, 0.1) is 4.77 Å². The van der Waals surface area contributed by atoms with Gasteiger partial charge < -0.3 is 25.8 Å². The Morgan fingerprint density at radius 3 is 2.65 bits per heavy atom. The molecule has 4 atom stereocenters. The Morgan fingerprint density at radius 2 is 2.15 bits per heavy atom. The third-order valence-corrected chi connectivity index (χ3v) is 3.33. The van der Waals surface area contributed by atoms with Gasteiger partial charge in [0.2, 0.25) is 0 Å². The van der Waals surface area contributed by atoms with Gasteiger partial charge >= 0.3 is 5.97 Å². The molecule has 0 spiro atoms. The van der Waals surface area contributed by atoms with Crippen LogP contribution in [0.4, 0.5) is 0 Å². The average Bonchev–Trinajstić information content (AvgIpc) is 2.67. The van der Waals surface area contributed by atoms with Crippen molar-refractivity contribution in [3.63, 3.8) is 0 Å². The number of nitrogens with one attached hydrogen (secondary N) is 1. The number of rotatable bonds is 3. The fourth-order valence-corrected chi connectivity index (χ4v) is 2.20. The number of hydrogen-bond donors (Lipinski definition) is 5. The molecule has 1 saturated heterocycles. The number of H-pyrrole nitrogens is 1. The number of nitrogens with two attached hydrogens (primary N) is 1. The number of aliphatic hydroxyl groups is 2. The van der Waals surface area contributed by atoms with E-state index >= 15 is 0 Å². The highest BCUT2D eigenvalue weighted by Crippen LogP contribution is 2.29. The van der Waals surface area contributed by atoms with Gasteiger partial charge in [0.05, 0.1) is 0 Å². The summed E-state index contributed by atoms with van der Waals surface area (Å²) in [6.45, 7) is -0.0708. The number of carbonyl (C=O) groups is 1. The summed E-state index contributed by atoms with van der Waals surface area (Å²) >= 11 is 4.93. The van der Waals surface area contributed by atoms with Gasteiger partial charge in [0, 0.05) is 18.3 Å². The Kier molecular flexibility index (Phi) is 4.01. The number of nitrogens with zero attached hydrogens (tertiary/aromatic N) is 1. The topological polar surface area (TPSA) is 151 Å². The van der Waals surface area contributed by atoms with Gasteiger partial charge in [-0.05, 0) is 12.2 Å². The molecule has 2 heterocycles. The van der Waals surface area contributed by atoms with Crippen LogP contribution in [0.25, 0.3) is 0 Å². The summed E-state index contributed by atoms with van der Waals surface area (Å²) < 4.78 is 6.18. The highest BCUT2D eigenvalue weighted by molar-refractivity contribution is 7.71. The lowest BCUT2D eigenvalue weighted by molar-refractivity contribution is -0.155. The Hall–Kier alpha value is -1.59. The second kappa shape index (κ2) is 5.42. The van der Waals surface area contributed by atoms with Gasteiger partial charge in [-0.25, -0.2) is 4.79 Å². The first-order valence-electron chi connectivity index (χ1n) is 5.65. The zero-order valence-electron chi connectivity index (χ0n) is 10.1. The Morgan fingerprint density at radius 1 is 1.50 bits per heavy atom. The van der Waals surface area contributed by atoms with Crippen LogP contribution in [-0.4, -0.2) is 49.2 Å². The second-order valence-corrected chi connectivity index (χ2v) is 4.68. The van der Waals surface area contributed by atoms with Crippen LogP contribution >= 0.6 is 12.2 Å². The third-order valence-electron chi connectivity index (χ3n) is 3.02. The molecule has 2 rings (SSSR count). The molecule has 110 valence electrons. The minimum atomic E-state index is -1.60. The number of hydrogen-bond acceptors (Lipinski definition) is 7. The number of aromatic amines is 1. The molecule has 1 fully saturated rings. The molecule has 0 saturated carbocycles. The predicted octanol–water partition coefficient (Wildman–Crippen LogP) is -1.93. The minimum absolute atomic E-state index is 0.0708. The SMILES string of the molecule is NCc1cn([C@@H]2O[C@H](C(=O)O)[C@@H](O)[C@H]2O)c(=S)[nH]c1=O. The normalized spacial score (nSPS) is 29.6. The van der Waals surface area contributed by atoms with Crippen LogP contribution in [0.3, 0.4) is 0 Å². The Bertz CT molecular complexity index is 641. The van der Waals surface area contributed by atoms with E-state index in [-0.39, 0.29) is 16.9 Å². The molecule has 20 heavy (non-hydrogen) atoms. The standard InChI is InChI=1S/C10H13N3O6S/c11-1-3-2-13(10(20)12-7(3)16)8-5(15)4(14)6(19-8)9(17)18/h2,4-6,8,14-15H,1,11H2,(H,17,18)(H,12,16,20)/t4-,5+,6-,8+/m0/s1. The number of carboxylic acid groups (broad SMARTS) is 1. The molecule has 10 heteroatoms. The Labute approximate surface area is 117 Å². The van der Waals surface area contributed by atoms with Crippen LogP contribution in [0.15, 0.2) is 11.0 Å². The molecular formula is C10H13N3O6S. The van der Waals surface area contributed by atoms with E-state index in [1.54, 1.807) is 0 Å². The molecule has 1 aliphatic rings. The van der Waals surface area contributed by atoms with Crippen molar-refractivity contribution < 1.29 is 24.9 Å². The first kappa shape index (κ1) is 14.8. The van der Waals surface area contributed by atoms with E-state index in [1.165, 1.54) is 6.20 Å². The number of carboxylic acids is 1. The maximum Gasteiger partial charge on any atom is 0.335 e. The fraction of sp³-hybridized carbons (Fsp3) is 0.500. The van der Waals surface area contributed by atoms with Crippen molar-refractivity contribution >= 4 is 18.2 Å². The molecule has 6 N–H and O–H groups in total. The van der Waals surface area contributed by atoms with E-state index in [4.69, 9.17) is 27.8 Å². The van der Waals surface area contributed by atoms with Gasteiger partial charge in [0.15, 0.2) is 17.1 Å². The monoisotopic (exact) mass is 303 g/mol. The van der Waals surface area contributed by atoms with Crippen LogP contribution in [0.5, 0.6) is 0 Å². The summed E-state index contributed by atoms with van der Waals surface area (Å²) in [5.74, 6) is -1.41. The maximum atomic E-state index is 11.5. The predicted molar refractivity (Wildman–Crippen MR) is 67.3 cm³/mol. The smallest absolute Gasteiger partial charge is 0.335 e. The minimum Gasteiger partial charge on any atom is -0.479 e. The number of aliphatic carboxylic acids is 1. The summed E-state index contributed by atoms with van der Waals surface area (Å²) in [6, 6.07) is 0. The lowest BCUT2D eigenvalue weighted by Crippen LogP contribution is -2.36. The molecule has 0 aliphatic carbocycles. The second-order valence-electron chi connectivity index (χ2n) is 4.29. The number of aromatic nitrogens is 2. The summed E-state index contributed by atoms with van der Waals surface area (Å²) in [4.78, 5) is 24.7. The lowest BCUT2D eigenvalue weighted by Gasteiger charge is -2.18. The molecule has 1 aromatic rings. The van der Waals surface area contributed by atoms with E-state index in [0.717, 1.165) is 4.57 Å². The van der Waals surface area contributed by atoms with Gasteiger partial charge in [-0.3, -0.25) is 14.3 Å². The molecule has 1 aromatic heterocycles. The fourth-order valence-electron chi connectivity index (χ4n) is 1.95. The number of ether oxygens (including phenoxy) is 1. The summed E-state index contributed by atoms with van der Waals surface area (Å²) in [5, 5.41) is 28.4. The van der Waals surface area contributed by atoms with Crippen molar-refractivity contribution in [3.05, 3.63) is 26.9 Å². The summed E-state index contributed by atoms with van der Waals surface area (Å²) in [5.41, 5.74) is 5.10. The van der Waals surface area contributed by atoms with E-state index in [0.29, 0.717) is 0 Å². The molecule has 0 radical (unpaired) electrons. The van der Waals surface area contributed by atoms with Crippen molar-refractivity contribution in [2.45, 2.75) is 31.1 Å². The molecule has 0 bridgehead atoms. The number of aliphatic hydroxyl groups excluding tert-OH is 2. The lowest BCUT2D eigenvalue weighted by atomic mass is 10.1. The van der Waals surface area contributed by atoms with Crippen LogP contribution in [-0.2, 0) is 16.1 Å². The van der Waals surface area contributed by atoms with Gasteiger partial charge in [-0.1, -0.05) is 0 Å². The van der Waals surface area contributed by atoms with Gasteiger partial charge in [0.25, 0.3) is 5.56 Å². The first-order chi connectivity index (χ1) is 9.36. The molecule has 1 aliphatic heterocycles. The van der Waals surface area contributed by atoms with E-state index in [9.17, 15) is 19.8 Å². The molecule has 0 amide bonds. The molecular weight excluding hydrogens is 290 g/mol. The maximum absolute atomic E-state index is 11.5. The quantitative estimate of drug-likeness (QED) is 0.405. The summed E-state index contributed by atoms with van der Waals surface area (Å²) in [7, 11) is 0. The molecule has 0 aromatic carbocycles. The van der Waals surface area contributed by atoms with Gasteiger partial charge in [-0.2, -0.15) is 0 Å². The van der Waals surface area contributed by atoms with Crippen molar-refractivity contribution in [2.24, 2.45) is 5.73 Å². The van der Waals surface area contributed by atoms with Gasteiger partial charge in [0.1, 0.15) is 12.2 Å². The largest absolute Gasteiger partial charge is 0.479 e. The average molecular weight is 303 g/mol. The van der Waals surface area contributed by atoms with Crippen LogP contribution in [0.1, 0.15) is 11.8 Å². The third kappa shape index (κ3) is 2.39. The molecule has 9 nitrogen and oxygen atoms in total. The zero-order valence-corrected chi connectivity index (χ0v) is 10.9. The van der Waals surface area contributed by atoms with E-state index in [1.807, 2.05) is 0 Å². The van der Waals surface area contributed by atoms with Crippen molar-refractivity contribution in [1.29, 1.82) is 0 Å². The zero-order chi connectivity index (χ0) is 15.0. The Balaban J connectivity index is 2.45. The van der Waals surface area contributed by atoms with Gasteiger partial charge in [-0.15, -0.1) is 0 Å². The van der Waals surface area contributed by atoms with Crippen molar-refractivity contribution in [1.82, 2.24) is 9.55 Å². The highest BCUT2D eigenvalue weighted by atomic mass is 32.1. The molecule has 0 unspecified atom stereocenters. The highest BCUT2D eigenvalue weighted by Gasteiger charge is 2.47. The summed E-state index contributed by atoms with van der Waals surface area (Å²) in [6.07, 6.45) is -4.63. The van der Waals surface area contributed by atoms with Crippen molar-refractivity contribution in [2.75, 3.05) is 0 Å². The van der Waals surface area contributed by atoms with E-state index in [2.05, 4.69) is 4.98 Å².